The van der Waals surface area contributed by atoms with E-state index in [1.807, 2.05) is 48.8 Å². The Morgan fingerprint density at radius 1 is 1.36 bits per heavy atom. The fourth-order valence-corrected chi connectivity index (χ4v) is 2.41. The van der Waals surface area contributed by atoms with Crippen molar-refractivity contribution in [1.29, 1.82) is 0 Å². The molecule has 1 amide bonds. The molecular formula is C16H18N4O2. The summed E-state index contributed by atoms with van der Waals surface area (Å²) in [6.07, 6.45) is 4.94. The molecule has 114 valence electrons. The maximum absolute atomic E-state index is 12.0. The summed E-state index contributed by atoms with van der Waals surface area (Å²) in [5, 5.41) is 6.76. The molecule has 0 saturated heterocycles. The summed E-state index contributed by atoms with van der Waals surface area (Å²) in [5.74, 6) is 0.672. The minimum atomic E-state index is -0.0295. The number of amides is 1. The van der Waals surface area contributed by atoms with Gasteiger partial charge in [0.1, 0.15) is 11.4 Å². The zero-order valence-electron chi connectivity index (χ0n) is 12.7. The molecule has 0 aliphatic heterocycles. The van der Waals surface area contributed by atoms with E-state index in [-0.39, 0.29) is 5.91 Å². The van der Waals surface area contributed by atoms with Gasteiger partial charge in [-0.25, -0.2) is 4.98 Å². The van der Waals surface area contributed by atoms with Crippen molar-refractivity contribution in [3.05, 3.63) is 53.3 Å². The first-order chi connectivity index (χ1) is 10.6. The monoisotopic (exact) mass is 298 g/mol. The number of aromatic nitrogens is 3. The zero-order valence-corrected chi connectivity index (χ0v) is 12.7. The van der Waals surface area contributed by atoms with Crippen molar-refractivity contribution in [1.82, 2.24) is 19.9 Å². The molecule has 0 spiro atoms. The van der Waals surface area contributed by atoms with Crippen molar-refractivity contribution >= 4 is 11.6 Å². The van der Waals surface area contributed by atoms with Crippen LogP contribution >= 0.6 is 0 Å². The molecule has 22 heavy (non-hydrogen) atoms. The van der Waals surface area contributed by atoms with Gasteiger partial charge in [0.05, 0.1) is 17.8 Å². The number of hydrogen-bond donors (Lipinski definition) is 1. The Morgan fingerprint density at radius 3 is 2.95 bits per heavy atom. The van der Waals surface area contributed by atoms with Crippen molar-refractivity contribution in [2.24, 2.45) is 0 Å². The molecule has 3 aromatic rings. The first-order valence-corrected chi connectivity index (χ1v) is 7.24. The predicted molar refractivity (Wildman–Crippen MR) is 81.6 cm³/mol. The molecule has 0 radical (unpaired) electrons. The van der Waals surface area contributed by atoms with E-state index < -0.39 is 0 Å². The van der Waals surface area contributed by atoms with E-state index in [4.69, 9.17) is 4.52 Å². The maximum atomic E-state index is 12.0. The Morgan fingerprint density at radius 2 is 2.23 bits per heavy atom. The Labute approximate surface area is 128 Å². The van der Waals surface area contributed by atoms with Gasteiger partial charge in [-0.1, -0.05) is 11.2 Å². The third-order valence-electron chi connectivity index (χ3n) is 3.64. The van der Waals surface area contributed by atoms with Crippen LogP contribution in [0.5, 0.6) is 0 Å². The molecule has 0 fully saturated rings. The van der Waals surface area contributed by atoms with Crippen LogP contribution in [0.1, 0.15) is 22.7 Å². The van der Waals surface area contributed by atoms with Crippen LogP contribution in [-0.2, 0) is 17.6 Å². The van der Waals surface area contributed by atoms with Crippen molar-refractivity contribution in [3.8, 4) is 0 Å². The molecule has 0 aliphatic carbocycles. The highest BCUT2D eigenvalue weighted by atomic mass is 16.5. The third-order valence-corrected chi connectivity index (χ3v) is 3.64. The smallest absolute Gasteiger partial charge is 0.224 e. The minimum Gasteiger partial charge on any atom is -0.361 e. The fraction of sp³-hybridized carbons (Fsp3) is 0.312. The number of pyridine rings is 1. The molecule has 0 bridgehead atoms. The molecule has 0 aliphatic rings. The second-order valence-electron chi connectivity index (χ2n) is 5.28. The van der Waals surface area contributed by atoms with Gasteiger partial charge in [0, 0.05) is 30.9 Å². The summed E-state index contributed by atoms with van der Waals surface area (Å²) in [6.45, 7) is 4.22. The molecule has 0 aromatic carbocycles. The van der Waals surface area contributed by atoms with Gasteiger partial charge in [-0.3, -0.25) is 4.79 Å². The number of aryl methyl sites for hydroxylation is 2. The van der Waals surface area contributed by atoms with Crippen LogP contribution < -0.4 is 5.32 Å². The minimum absolute atomic E-state index is 0.0295. The van der Waals surface area contributed by atoms with E-state index in [2.05, 4.69) is 15.5 Å². The molecule has 3 aromatic heterocycles. The summed E-state index contributed by atoms with van der Waals surface area (Å²) in [6, 6.07) is 5.88. The molecule has 0 unspecified atom stereocenters. The molecule has 3 heterocycles. The van der Waals surface area contributed by atoms with E-state index in [9.17, 15) is 4.79 Å². The quantitative estimate of drug-likeness (QED) is 0.780. The standard InChI is InChI=1S/C16H18N4O2/c1-11-14(12(2)22-19-11)9-16(21)17-7-6-13-10-20-8-4-3-5-15(20)18-13/h3-5,8,10H,6-7,9H2,1-2H3,(H,17,21). The number of imidazole rings is 1. The second kappa shape index (κ2) is 6.01. The van der Waals surface area contributed by atoms with Crippen LogP contribution in [0.15, 0.2) is 35.1 Å². The Kier molecular flexibility index (Phi) is 3.91. The molecule has 0 saturated carbocycles. The average Bonchev–Trinajstić information content (AvgIpc) is 3.05. The number of carbonyl (C=O) groups is 1. The first kappa shape index (κ1) is 14.3. The van der Waals surface area contributed by atoms with Gasteiger partial charge in [0.25, 0.3) is 0 Å². The lowest BCUT2D eigenvalue weighted by atomic mass is 10.1. The molecule has 6 nitrogen and oxygen atoms in total. The normalized spacial score (nSPS) is 11.0. The van der Waals surface area contributed by atoms with Gasteiger partial charge >= 0.3 is 0 Å². The van der Waals surface area contributed by atoms with E-state index in [1.54, 1.807) is 0 Å². The highest BCUT2D eigenvalue weighted by Gasteiger charge is 2.13. The molecule has 1 N–H and O–H groups in total. The topological polar surface area (TPSA) is 72.4 Å². The van der Waals surface area contributed by atoms with Gasteiger partial charge in [0.2, 0.25) is 5.91 Å². The van der Waals surface area contributed by atoms with Gasteiger partial charge in [-0.05, 0) is 26.0 Å². The maximum Gasteiger partial charge on any atom is 0.224 e. The summed E-state index contributed by atoms with van der Waals surface area (Å²) in [7, 11) is 0. The molecule has 3 rings (SSSR count). The summed E-state index contributed by atoms with van der Waals surface area (Å²) >= 11 is 0. The van der Waals surface area contributed by atoms with Crippen LogP contribution in [0, 0.1) is 13.8 Å². The van der Waals surface area contributed by atoms with E-state index in [0.29, 0.717) is 25.1 Å². The number of nitrogens with one attached hydrogen (secondary N) is 1. The Bertz CT molecular complexity index is 751. The van der Waals surface area contributed by atoms with E-state index in [1.165, 1.54) is 0 Å². The predicted octanol–water partition coefficient (Wildman–Crippen LogP) is 1.84. The average molecular weight is 298 g/mol. The van der Waals surface area contributed by atoms with Crippen molar-refractivity contribution in [2.75, 3.05) is 6.54 Å². The third kappa shape index (κ3) is 3.00. The summed E-state index contributed by atoms with van der Waals surface area (Å²) < 4.78 is 7.03. The van der Waals surface area contributed by atoms with Gasteiger partial charge < -0.3 is 14.2 Å². The van der Waals surface area contributed by atoms with E-state index >= 15 is 0 Å². The molecular weight excluding hydrogens is 280 g/mol. The van der Waals surface area contributed by atoms with Gasteiger partial charge in [0.15, 0.2) is 0 Å². The van der Waals surface area contributed by atoms with Crippen molar-refractivity contribution in [2.45, 2.75) is 26.7 Å². The number of nitrogens with zero attached hydrogens (tertiary/aromatic N) is 3. The van der Waals surface area contributed by atoms with Crippen LogP contribution in [-0.4, -0.2) is 27.0 Å². The summed E-state index contributed by atoms with van der Waals surface area (Å²) in [5.41, 5.74) is 3.52. The lowest BCUT2D eigenvalue weighted by Crippen LogP contribution is -2.27. The summed E-state index contributed by atoms with van der Waals surface area (Å²) in [4.78, 5) is 16.5. The lowest BCUT2D eigenvalue weighted by molar-refractivity contribution is -0.120. The van der Waals surface area contributed by atoms with Crippen LogP contribution in [0.2, 0.25) is 0 Å². The molecule has 0 atom stereocenters. The van der Waals surface area contributed by atoms with Crippen LogP contribution in [0.25, 0.3) is 5.65 Å². The number of hydrogen-bond acceptors (Lipinski definition) is 4. The fourth-order valence-electron chi connectivity index (χ4n) is 2.41. The largest absolute Gasteiger partial charge is 0.361 e. The number of carbonyl (C=O) groups excluding carboxylic acids is 1. The Hall–Kier alpha value is -2.63. The van der Waals surface area contributed by atoms with Gasteiger partial charge in [-0.15, -0.1) is 0 Å². The Balaban J connectivity index is 1.53. The van der Waals surface area contributed by atoms with Crippen LogP contribution in [0.4, 0.5) is 0 Å². The zero-order chi connectivity index (χ0) is 15.5. The van der Waals surface area contributed by atoms with Gasteiger partial charge in [-0.2, -0.15) is 0 Å². The highest BCUT2D eigenvalue weighted by molar-refractivity contribution is 5.78. The second-order valence-corrected chi connectivity index (χ2v) is 5.28. The SMILES string of the molecule is Cc1noc(C)c1CC(=O)NCCc1cn2ccccc2n1. The van der Waals surface area contributed by atoms with Crippen molar-refractivity contribution in [3.63, 3.8) is 0 Å². The number of fused-ring (bicyclic) bond motifs is 1. The van der Waals surface area contributed by atoms with Crippen LogP contribution in [0.3, 0.4) is 0 Å². The molecule has 6 heteroatoms. The van der Waals surface area contributed by atoms with Crippen molar-refractivity contribution < 1.29 is 9.32 Å². The lowest BCUT2D eigenvalue weighted by Gasteiger charge is -2.03. The number of rotatable bonds is 5. The van der Waals surface area contributed by atoms with E-state index in [0.717, 1.165) is 22.6 Å². The first-order valence-electron chi connectivity index (χ1n) is 7.24. The highest BCUT2D eigenvalue weighted by Crippen LogP contribution is 2.12.